The maximum Gasteiger partial charge on any atom is 0.319 e. The second kappa shape index (κ2) is 8.79. The fourth-order valence-corrected chi connectivity index (χ4v) is 3.29. The standard InChI is InChI=1S/C16H24N4O2S/c1-23-14-7-3-2-6-13(14)19-16(22)18-8-10-20-9-4-5-12(11-20)15(17)21/h2-3,6-7,12H,4-5,8-11H2,1H3,(H2,17,21)(H2,18,19,22). The van der Waals surface area contributed by atoms with Crippen molar-refractivity contribution in [1.29, 1.82) is 0 Å². The van der Waals surface area contributed by atoms with Crippen molar-refractivity contribution in [3.63, 3.8) is 0 Å². The molecule has 7 heteroatoms. The highest BCUT2D eigenvalue weighted by Gasteiger charge is 2.23. The molecule has 1 heterocycles. The number of hydrogen-bond donors (Lipinski definition) is 3. The number of hydrogen-bond acceptors (Lipinski definition) is 4. The Balaban J connectivity index is 1.73. The van der Waals surface area contributed by atoms with Crippen LogP contribution in [-0.2, 0) is 4.79 Å². The number of nitrogens with zero attached hydrogens (tertiary/aromatic N) is 1. The third kappa shape index (κ3) is 5.44. The average molecular weight is 336 g/mol. The van der Waals surface area contributed by atoms with Gasteiger partial charge in [0, 0.05) is 24.5 Å². The van der Waals surface area contributed by atoms with E-state index in [9.17, 15) is 9.59 Å². The molecule has 1 unspecified atom stereocenters. The van der Waals surface area contributed by atoms with Gasteiger partial charge in [-0.15, -0.1) is 11.8 Å². The quantitative estimate of drug-likeness (QED) is 0.690. The van der Waals surface area contributed by atoms with Crippen molar-refractivity contribution in [3.05, 3.63) is 24.3 Å². The normalized spacial score (nSPS) is 18.4. The molecule has 3 amide bonds. The van der Waals surface area contributed by atoms with Crippen molar-refractivity contribution >= 4 is 29.4 Å². The zero-order valence-corrected chi connectivity index (χ0v) is 14.2. The van der Waals surface area contributed by atoms with Gasteiger partial charge in [0.1, 0.15) is 0 Å². The Morgan fingerprint density at radius 3 is 2.91 bits per heavy atom. The molecule has 1 aliphatic heterocycles. The van der Waals surface area contributed by atoms with Crippen LogP contribution in [0.15, 0.2) is 29.2 Å². The first-order valence-corrected chi connectivity index (χ1v) is 9.02. The summed E-state index contributed by atoms with van der Waals surface area (Å²) in [4.78, 5) is 26.4. The second-order valence-corrected chi connectivity index (χ2v) is 6.47. The first-order chi connectivity index (χ1) is 11.1. The Kier molecular flexibility index (Phi) is 6.73. The van der Waals surface area contributed by atoms with E-state index in [1.54, 1.807) is 11.8 Å². The Labute approximate surface area is 141 Å². The molecule has 126 valence electrons. The molecular weight excluding hydrogens is 312 g/mol. The molecule has 4 N–H and O–H groups in total. The van der Waals surface area contributed by atoms with E-state index in [1.807, 2.05) is 30.5 Å². The molecule has 6 nitrogen and oxygen atoms in total. The highest BCUT2D eigenvalue weighted by molar-refractivity contribution is 7.98. The van der Waals surface area contributed by atoms with E-state index in [4.69, 9.17) is 5.73 Å². The second-order valence-electron chi connectivity index (χ2n) is 5.62. The number of amides is 3. The fraction of sp³-hybridized carbons (Fsp3) is 0.500. The predicted molar refractivity (Wildman–Crippen MR) is 93.6 cm³/mol. The summed E-state index contributed by atoms with van der Waals surface area (Å²) in [6, 6.07) is 7.48. The maximum atomic E-state index is 12.0. The topological polar surface area (TPSA) is 87.5 Å². The van der Waals surface area contributed by atoms with Crippen molar-refractivity contribution in [2.75, 3.05) is 37.8 Å². The van der Waals surface area contributed by atoms with Gasteiger partial charge in [-0.1, -0.05) is 12.1 Å². The van der Waals surface area contributed by atoms with Crippen LogP contribution in [0.2, 0.25) is 0 Å². The number of anilines is 1. The van der Waals surface area contributed by atoms with Crippen LogP contribution in [0.4, 0.5) is 10.5 Å². The summed E-state index contributed by atoms with van der Waals surface area (Å²) in [5.41, 5.74) is 6.18. The Morgan fingerprint density at radius 1 is 1.39 bits per heavy atom. The SMILES string of the molecule is CSc1ccccc1NC(=O)NCCN1CCCC(C(N)=O)C1. The van der Waals surface area contributed by atoms with Crippen LogP contribution in [0.5, 0.6) is 0 Å². The summed E-state index contributed by atoms with van der Waals surface area (Å²) in [7, 11) is 0. The maximum absolute atomic E-state index is 12.0. The van der Waals surface area contributed by atoms with Gasteiger partial charge in [0.2, 0.25) is 5.91 Å². The summed E-state index contributed by atoms with van der Waals surface area (Å²) < 4.78 is 0. The number of rotatable bonds is 6. The van der Waals surface area contributed by atoms with Crippen LogP contribution in [0.1, 0.15) is 12.8 Å². The summed E-state index contributed by atoms with van der Waals surface area (Å²) >= 11 is 1.59. The van der Waals surface area contributed by atoms with Crippen LogP contribution in [0.25, 0.3) is 0 Å². The van der Waals surface area contributed by atoms with Gasteiger partial charge in [-0.3, -0.25) is 4.79 Å². The Morgan fingerprint density at radius 2 is 2.17 bits per heavy atom. The van der Waals surface area contributed by atoms with Crippen LogP contribution >= 0.6 is 11.8 Å². The highest BCUT2D eigenvalue weighted by Crippen LogP contribution is 2.24. The molecule has 0 radical (unpaired) electrons. The van der Waals surface area contributed by atoms with Gasteiger partial charge in [-0.2, -0.15) is 0 Å². The minimum absolute atomic E-state index is 0.0639. The van der Waals surface area contributed by atoms with Gasteiger partial charge in [-0.05, 0) is 37.8 Å². The van der Waals surface area contributed by atoms with Crippen LogP contribution in [0.3, 0.4) is 0 Å². The molecule has 0 aromatic heterocycles. The average Bonchev–Trinajstić information content (AvgIpc) is 2.55. The molecule has 0 spiro atoms. The number of piperidine rings is 1. The smallest absolute Gasteiger partial charge is 0.319 e. The monoisotopic (exact) mass is 336 g/mol. The first kappa shape index (κ1) is 17.6. The molecule has 1 aliphatic rings. The molecule has 1 aromatic rings. The van der Waals surface area contributed by atoms with E-state index in [2.05, 4.69) is 15.5 Å². The molecule has 1 fully saturated rings. The number of nitrogens with one attached hydrogen (secondary N) is 2. The fourth-order valence-electron chi connectivity index (χ4n) is 2.73. The number of benzene rings is 1. The molecule has 1 saturated heterocycles. The van der Waals surface area contributed by atoms with E-state index in [0.29, 0.717) is 13.1 Å². The predicted octanol–water partition coefficient (Wildman–Crippen LogP) is 1.73. The lowest BCUT2D eigenvalue weighted by molar-refractivity contribution is -0.123. The van der Waals surface area contributed by atoms with Crippen LogP contribution in [-0.4, -0.2) is 49.3 Å². The van der Waals surface area contributed by atoms with Gasteiger partial charge in [0.15, 0.2) is 0 Å². The number of nitrogens with two attached hydrogens (primary N) is 1. The third-order valence-corrected chi connectivity index (χ3v) is 4.77. The number of carbonyl (C=O) groups is 2. The van der Waals surface area contributed by atoms with Crippen LogP contribution in [0, 0.1) is 5.92 Å². The van der Waals surface area contributed by atoms with Gasteiger partial charge in [-0.25, -0.2) is 4.79 Å². The number of urea groups is 1. The van der Waals surface area contributed by atoms with Crippen molar-refractivity contribution in [1.82, 2.24) is 10.2 Å². The van der Waals surface area contributed by atoms with E-state index < -0.39 is 0 Å². The molecule has 0 bridgehead atoms. The van der Waals surface area contributed by atoms with Gasteiger partial charge in [0.05, 0.1) is 11.6 Å². The summed E-state index contributed by atoms with van der Waals surface area (Å²) in [6.45, 7) is 2.90. The molecule has 0 saturated carbocycles. The summed E-state index contributed by atoms with van der Waals surface area (Å²) in [5, 5.41) is 5.72. The van der Waals surface area contributed by atoms with E-state index in [1.165, 1.54) is 0 Å². The van der Waals surface area contributed by atoms with Gasteiger partial charge < -0.3 is 21.3 Å². The van der Waals surface area contributed by atoms with Gasteiger partial charge in [0.25, 0.3) is 0 Å². The Bertz CT molecular complexity index is 553. The van der Waals surface area contributed by atoms with Crippen LogP contribution < -0.4 is 16.4 Å². The zero-order chi connectivity index (χ0) is 16.7. The first-order valence-electron chi connectivity index (χ1n) is 7.79. The number of primary amides is 1. The van der Waals surface area contributed by atoms with Gasteiger partial charge >= 0.3 is 6.03 Å². The lowest BCUT2D eigenvalue weighted by atomic mass is 9.97. The van der Waals surface area contributed by atoms with Crippen molar-refractivity contribution < 1.29 is 9.59 Å². The molecule has 1 atom stereocenters. The summed E-state index contributed by atoms with van der Waals surface area (Å²) in [6.07, 6.45) is 3.82. The molecule has 2 rings (SSSR count). The lowest BCUT2D eigenvalue weighted by Crippen LogP contribution is -2.44. The van der Waals surface area contributed by atoms with E-state index in [-0.39, 0.29) is 17.9 Å². The van der Waals surface area contributed by atoms with Crippen molar-refractivity contribution in [2.24, 2.45) is 11.7 Å². The zero-order valence-electron chi connectivity index (χ0n) is 13.4. The third-order valence-electron chi connectivity index (χ3n) is 3.98. The van der Waals surface area contributed by atoms with E-state index >= 15 is 0 Å². The minimum atomic E-state index is -0.228. The van der Waals surface area contributed by atoms with Crippen molar-refractivity contribution in [3.8, 4) is 0 Å². The largest absolute Gasteiger partial charge is 0.369 e. The number of thioether (sulfide) groups is 1. The summed E-state index contributed by atoms with van der Waals surface area (Å²) in [5.74, 6) is -0.292. The number of para-hydroxylation sites is 1. The molecule has 23 heavy (non-hydrogen) atoms. The lowest BCUT2D eigenvalue weighted by Gasteiger charge is -2.31. The number of likely N-dealkylation sites (tertiary alicyclic amines) is 1. The highest BCUT2D eigenvalue weighted by atomic mass is 32.2. The minimum Gasteiger partial charge on any atom is -0.369 e. The molecule has 0 aliphatic carbocycles. The Hall–Kier alpha value is -1.73. The van der Waals surface area contributed by atoms with E-state index in [0.717, 1.165) is 36.5 Å². The number of carbonyl (C=O) groups excluding carboxylic acids is 2. The van der Waals surface area contributed by atoms with Crippen molar-refractivity contribution in [2.45, 2.75) is 17.7 Å². The molecular formula is C16H24N4O2S. The molecule has 1 aromatic carbocycles.